The number of carbonyl (C=O) groups is 1. The number of hydrogen-bond donors (Lipinski definition) is 2. The average Bonchev–Trinajstić information content (AvgIpc) is 2.49. The van der Waals surface area contributed by atoms with Gasteiger partial charge in [0, 0.05) is 9.75 Å². The van der Waals surface area contributed by atoms with E-state index in [0.717, 1.165) is 4.88 Å². The first-order valence-electron chi connectivity index (χ1n) is 3.99. The normalized spacial score (nSPS) is 15.3. The molecule has 0 aromatic carbocycles. The second-order valence-electron chi connectivity index (χ2n) is 3.02. The number of rotatable bonds is 3. The van der Waals surface area contributed by atoms with Crippen molar-refractivity contribution in [1.82, 2.24) is 0 Å². The van der Waals surface area contributed by atoms with Crippen molar-refractivity contribution in [2.24, 2.45) is 5.92 Å². The number of aliphatic hydroxyl groups excluding tert-OH is 1. The highest BCUT2D eigenvalue weighted by Gasteiger charge is 2.23. The number of aliphatic hydroxyl groups is 1. The predicted molar refractivity (Wildman–Crippen MR) is 50.8 cm³/mol. The van der Waals surface area contributed by atoms with Crippen molar-refractivity contribution in [1.29, 1.82) is 0 Å². The Bertz CT molecular complexity index is 306. The minimum atomic E-state index is -0.974. The molecule has 1 heterocycles. The molecule has 2 unspecified atom stereocenters. The lowest BCUT2D eigenvalue weighted by atomic mass is 10.0. The van der Waals surface area contributed by atoms with E-state index in [1.165, 1.54) is 18.3 Å². The van der Waals surface area contributed by atoms with Gasteiger partial charge in [0.25, 0.3) is 0 Å². The molecule has 1 rings (SSSR count). The van der Waals surface area contributed by atoms with Crippen LogP contribution >= 0.6 is 11.3 Å². The molecule has 0 amide bonds. The van der Waals surface area contributed by atoms with Crippen molar-refractivity contribution in [3.8, 4) is 0 Å². The van der Waals surface area contributed by atoms with Gasteiger partial charge in [-0.3, -0.25) is 4.79 Å². The summed E-state index contributed by atoms with van der Waals surface area (Å²) >= 11 is 1.43. The average molecular weight is 200 g/mol. The monoisotopic (exact) mass is 200 g/mol. The molecule has 1 aromatic heterocycles. The molecule has 2 atom stereocenters. The second kappa shape index (κ2) is 3.89. The Morgan fingerprint density at radius 3 is 2.54 bits per heavy atom. The molecule has 0 aliphatic heterocycles. The first kappa shape index (κ1) is 10.2. The van der Waals surface area contributed by atoms with Gasteiger partial charge in [0.05, 0.1) is 5.92 Å². The molecule has 0 bridgehead atoms. The number of hydrogen-bond acceptors (Lipinski definition) is 3. The summed E-state index contributed by atoms with van der Waals surface area (Å²) in [6.45, 7) is 3.42. The van der Waals surface area contributed by atoms with Crippen molar-refractivity contribution < 1.29 is 15.0 Å². The van der Waals surface area contributed by atoms with Crippen LogP contribution in [0.5, 0.6) is 0 Å². The molecular weight excluding hydrogens is 188 g/mol. The van der Waals surface area contributed by atoms with E-state index in [2.05, 4.69) is 0 Å². The number of thiophene rings is 1. The Labute approximate surface area is 80.6 Å². The van der Waals surface area contributed by atoms with Crippen LogP contribution in [0.2, 0.25) is 0 Å². The largest absolute Gasteiger partial charge is 0.481 e. The van der Waals surface area contributed by atoms with Crippen LogP contribution in [-0.2, 0) is 4.79 Å². The maximum atomic E-state index is 10.6. The van der Waals surface area contributed by atoms with Crippen LogP contribution in [0.3, 0.4) is 0 Å². The van der Waals surface area contributed by atoms with Gasteiger partial charge in [0.2, 0.25) is 0 Å². The summed E-state index contributed by atoms with van der Waals surface area (Å²) in [7, 11) is 0. The van der Waals surface area contributed by atoms with Crippen LogP contribution in [0.1, 0.15) is 22.8 Å². The molecule has 13 heavy (non-hydrogen) atoms. The van der Waals surface area contributed by atoms with Gasteiger partial charge in [0.15, 0.2) is 0 Å². The molecule has 0 saturated carbocycles. The summed E-state index contributed by atoms with van der Waals surface area (Å²) < 4.78 is 0. The van der Waals surface area contributed by atoms with E-state index in [0.29, 0.717) is 4.88 Å². The van der Waals surface area contributed by atoms with Crippen molar-refractivity contribution in [2.45, 2.75) is 20.0 Å². The molecule has 3 nitrogen and oxygen atoms in total. The zero-order valence-electron chi connectivity index (χ0n) is 7.52. The fraction of sp³-hybridized carbons (Fsp3) is 0.444. The van der Waals surface area contributed by atoms with Gasteiger partial charge in [0.1, 0.15) is 6.10 Å². The zero-order valence-corrected chi connectivity index (χ0v) is 8.34. The quantitative estimate of drug-likeness (QED) is 0.782. The summed E-state index contributed by atoms with van der Waals surface area (Å²) in [5, 5.41) is 18.3. The van der Waals surface area contributed by atoms with Gasteiger partial charge in [-0.25, -0.2) is 0 Å². The van der Waals surface area contributed by atoms with Crippen LogP contribution in [0.25, 0.3) is 0 Å². The van der Waals surface area contributed by atoms with Crippen LogP contribution < -0.4 is 0 Å². The maximum absolute atomic E-state index is 10.6. The van der Waals surface area contributed by atoms with E-state index in [1.807, 2.05) is 13.0 Å². The van der Waals surface area contributed by atoms with Crippen LogP contribution in [0.4, 0.5) is 0 Å². The standard InChI is InChI=1S/C9H12O3S/c1-5-3-4-7(13-5)8(10)6(2)9(11)12/h3-4,6,8,10H,1-2H3,(H,11,12). The molecule has 0 fully saturated rings. The highest BCUT2D eigenvalue weighted by molar-refractivity contribution is 7.12. The summed E-state index contributed by atoms with van der Waals surface area (Å²) in [6.07, 6.45) is -0.892. The third-order valence-electron chi connectivity index (χ3n) is 1.92. The molecular formula is C9H12O3S. The minimum Gasteiger partial charge on any atom is -0.481 e. The van der Waals surface area contributed by atoms with Crippen molar-refractivity contribution in [2.75, 3.05) is 0 Å². The molecule has 0 saturated heterocycles. The van der Waals surface area contributed by atoms with Gasteiger partial charge in [-0.05, 0) is 26.0 Å². The minimum absolute atomic E-state index is 0.715. The highest BCUT2D eigenvalue weighted by atomic mass is 32.1. The van der Waals surface area contributed by atoms with E-state index in [4.69, 9.17) is 5.11 Å². The summed E-state index contributed by atoms with van der Waals surface area (Å²) in [5.74, 6) is -1.73. The third-order valence-corrected chi connectivity index (χ3v) is 2.99. The fourth-order valence-corrected chi connectivity index (χ4v) is 1.96. The SMILES string of the molecule is Cc1ccc(C(O)C(C)C(=O)O)s1. The number of aryl methyl sites for hydroxylation is 1. The molecule has 2 N–H and O–H groups in total. The Balaban J connectivity index is 2.78. The highest BCUT2D eigenvalue weighted by Crippen LogP contribution is 2.28. The van der Waals surface area contributed by atoms with Crippen molar-refractivity contribution in [3.63, 3.8) is 0 Å². The molecule has 0 radical (unpaired) electrons. The lowest BCUT2D eigenvalue weighted by Crippen LogP contribution is -2.17. The van der Waals surface area contributed by atoms with E-state index in [9.17, 15) is 9.90 Å². The summed E-state index contributed by atoms with van der Waals surface area (Å²) in [4.78, 5) is 12.4. The van der Waals surface area contributed by atoms with E-state index in [-0.39, 0.29) is 0 Å². The van der Waals surface area contributed by atoms with Gasteiger partial charge in [-0.15, -0.1) is 11.3 Å². The topological polar surface area (TPSA) is 57.5 Å². The number of carboxylic acid groups (broad SMARTS) is 1. The lowest BCUT2D eigenvalue weighted by Gasteiger charge is -2.12. The number of carboxylic acids is 1. The lowest BCUT2D eigenvalue weighted by molar-refractivity contribution is -0.144. The fourth-order valence-electron chi connectivity index (χ4n) is 0.994. The molecule has 72 valence electrons. The van der Waals surface area contributed by atoms with Crippen LogP contribution in [0, 0.1) is 12.8 Å². The Morgan fingerprint density at radius 1 is 1.54 bits per heavy atom. The smallest absolute Gasteiger partial charge is 0.309 e. The first-order valence-corrected chi connectivity index (χ1v) is 4.81. The van der Waals surface area contributed by atoms with Crippen LogP contribution in [0.15, 0.2) is 12.1 Å². The predicted octanol–water partition coefficient (Wildman–Crippen LogP) is 1.81. The molecule has 0 spiro atoms. The first-order chi connectivity index (χ1) is 6.02. The van der Waals surface area contributed by atoms with Crippen LogP contribution in [-0.4, -0.2) is 16.2 Å². The summed E-state index contributed by atoms with van der Waals surface area (Å²) in [5.41, 5.74) is 0. The van der Waals surface area contributed by atoms with Gasteiger partial charge in [-0.1, -0.05) is 0 Å². The molecule has 0 aliphatic rings. The Morgan fingerprint density at radius 2 is 2.15 bits per heavy atom. The van der Waals surface area contributed by atoms with Gasteiger partial charge >= 0.3 is 5.97 Å². The van der Waals surface area contributed by atoms with E-state index < -0.39 is 18.0 Å². The maximum Gasteiger partial charge on any atom is 0.309 e. The Kier molecular flexibility index (Phi) is 3.06. The molecule has 0 aliphatic carbocycles. The second-order valence-corrected chi connectivity index (χ2v) is 4.34. The zero-order chi connectivity index (χ0) is 10.0. The third kappa shape index (κ3) is 2.29. The summed E-state index contributed by atoms with van der Waals surface area (Å²) in [6, 6.07) is 3.64. The van der Waals surface area contributed by atoms with E-state index >= 15 is 0 Å². The Hall–Kier alpha value is -0.870. The molecule has 1 aromatic rings. The van der Waals surface area contributed by atoms with Crippen molar-refractivity contribution >= 4 is 17.3 Å². The van der Waals surface area contributed by atoms with Gasteiger partial charge in [-0.2, -0.15) is 0 Å². The van der Waals surface area contributed by atoms with Crippen molar-refractivity contribution in [3.05, 3.63) is 21.9 Å². The van der Waals surface area contributed by atoms with Gasteiger partial charge < -0.3 is 10.2 Å². The van der Waals surface area contributed by atoms with E-state index in [1.54, 1.807) is 6.07 Å². The number of aliphatic carboxylic acids is 1. The molecule has 4 heteroatoms.